The minimum atomic E-state index is -1.29. The highest BCUT2D eigenvalue weighted by Gasteiger charge is 2.84. The number of ether oxygens (including phenoxy) is 3. The molecule has 2 spiro atoms. The predicted molar refractivity (Wildman–Crippen MR) is 94.6 cm³/mol. The number of aliphatic hydroxyl groups is 1. The number of esters is 2. The Kier molecular flexibility index (Phi) is 3.68. The standard InChI is InChI=1S/C20H21NO8/c1-27-12-3-2-10(6-11(12)22)4-5-21-15(24)8-19-13(23)7-14-20(19,9-16(25)28-14)18(26)29-17(19)21/h2-3,6,13-14,17,22-23H,4-5,7-9H2,1H3/t13-,14-,17-,19?,20?/m0/s1. The molecule has 1 aliphatic carbocycles. The zero-order valence-corrected chi connectivity index (χ0v) is 15.8. The normalized spacial score (nSPS) is 37.2. The molecule has 4 aliphatic rings. The van der Waals surface area contributed by atoms with Crippen molar-refractivity contribution in [3.05, 3.63) is 23.8 Å². The summed E-state index contributed by atoms with van der Waals surface area (Å²) in [6.45, 7) is 0.243. The lowest BCUT2D eigenvalue weighted by atomic mass is 9.63. The summed E-state index contributed by atoms with van der Waals surface area (Å²) in [6.07, 6.45) is -2.35. The van der Waals surface area contributed by atoms with Crippen molar-refractivity contribution in [2.45, 2.75) is 44.1 Å². The second-order valence-corrected chi connectivity index (χ2v) is 8.20. The van der Waals surface area contributed by atoms with Crippen molar-refractivity contribution in [1.29, 1.82) is 0 Å². The molecule has 9 nitrogen and oxygen atoms in total. The maximum Gasteiger partial charge on any atom is 0.319 e. The quantitative estimate of drug-likeness (QED) is 0.680. The number of likely N-dealkylation sites (tertiary alicyclic amines) is 1. The molecule has 9 heteroatoms. The van der Waals surface area contributed by atoms with Crippen molar-refractivity contribution in [2.75, 3.05) is 13.7 Å². The molecule has 1 aromatic carbocycles. The number of phenolic OH excluding ortho intramolecular Hbond substituents is 1. The number of carbonyl (C=O) groups is 3. The lowest BCUT2D eigenvalue weighted by molar-refractivity contribution is -0.158. The smallest absolute Gasteiger partial charge is 0.319 e. The lowest BCUT2D eigenvalue weighted by Gasteiger charge is -2.35. The Morgan fingerprint density at radius 1 is 1.24 bits per heavy atom. The van der Waals surface area contributed by atoms with Gasteiger partial charge in [-0.15, -0.1) is 0 Å². The van der Waals surface area contributed by atoms with Gasteiger partial charge in [-0.1, -0.05) is 6.07 Å². The van der Waals surface area contributed by atoms with Crippen LogP contribution in [0.2, 0.25) is 0 Å². The number of benzene rings is 1. The fraction of sp³-hybridized carbons (Fsp3) is 0.550. The van der Waals surface area contributed by atoms with Crippen molar-refractivity contribution < 1.29 is 38.8 Å². The van der Waals surface area contributed by atoms with Crippen LogP contribution in [0.25, 0.3) is 0 Å². The molecule has 2 N–H and O–H groups in total. The number of phenols is 1. The van der Waals surface area contributed by atoms with Gasteiger partial charge in [-0.25, -0.2) is 0 Å². The summed E-state index contributed by atoms with van der Waals surface area (Å²) < 4.78 is 15.9. The van der Waals surface area contributed by atoms with Crippen LogP contribution in [0.15, 0.2) is 18.2 Å². The highest BCUT2D eigenvalue weighted by atomic mass is 16.6. The molecular weight excluding hydrogens is 382 g/mol. The van der Waals surface area contributed by atoms with Crippen LogP contribution in [0, 0.1) is 10.8 Å². The number of nitrogens with zero attached hydrogens (tertiary/aromatic N) is 1. The number of aliphatic hydroxyl groups excluding tert-OH is 1. The average Bonchev–Trinajstić information content (AvgIpc) is 3.29. The number of rotatable bonds is 4. The first-order chi connectivity index (χ1) is 13.8. The number of amides is 1. The van der Waals surface area contributed by atoms with Gasteiger partial charge in [0, 0.05) is 19.4 Å². The monoisotopic (exact) mass is 403 g/mol. The Morgan fingerprint density at radius 2 is 2.03 bits per heavy atom. The van der Waals surface area contributed by atoms with Crippen molar-refractivity contribution >= 4 is 17.8 Å². The van der Waals surface area contributed by atoms with E-state index in [1.165, 1.54) is 12.0 Å². The molecule has 0 radical (unpaired) electrons. The number of aromatic hydroxyl groups is 1. The zero-order chi connectivity index (χ0) is 20.6. The maximum absolute atomic E-state index is 12.9. The number of hydrogen-bond donors (Lipinski definition) is 2. The summed E-state index contributed by atoms with van der Waals surface area (Å²) in [5.74, 6) is -0.967. The molecule has 29 heavy (non-hydrogen) atoms. The Bertz CT molecular complexity index is 931. The first-order valence-electron chi connectivity index (χ1n) is 9.57. The Morgan fingerprint density at radius 3 is 2.76 bits per heavy atom. The van der Waals surface area contributed by atoms with E-state index in [0.717, 1.165) is 5.56 Å². The molecule has 4 fully saturated rings. The average molecular weight is 403 g/mol. The van der Waals surface area contributed by atoms with Crippen molar-refractivity contribution in [3.8, 4) is 11.5 Å². The third kappa shape index (κ3) is 2.11. The van der Waals surface area contributed by atoms with Gasteiger partial charge in [-0.2, -0.15) is 0 Å². The summed E-state index contributed by atoms with van der Waals surface area (Å²) in [6, 6.07) is 4.97. The van der Waals surface area contributed by atoms with E-state index in [9.17, 15) is 24.6 Å². The van der Waals surface area contributed by atoms with Crippen molar-refractivity contribution in [3.63, 3.8) is 0 Å². The predicted octanol–water partition coefficient (Wildman–Crippen LogP) is 0.111. The van der Waals surface area contributed by atoms with Gasteiger partial charge >= 0.3 is 11.9 Å². The second kappa shape index (κ2) is 5.85. The minimum absolute atomic E-state index is 0.00357. The van der Waals surface area contributed by atoms with E-state index in [2.05, 4.69) is 0 Å². The van der Waals surface area contributed by atoms with E-state index in [1.54, 1.807) is 18.2 Å². The van der Waals surface area contributed by atoms with Crippen LogP contribution in [-0.2, 0) is 30.3 Å². The summed E-state index contributed by atoms with van der Waals surface area (Å²) in [4.78, 5) is 39.1. The van der Waals surface area contributed by atoms with Crippen LogP contribution in [0.1, 0.15) is 24.8 Å². The molecule has 0 bridgehead atoms. The number of carbonyl (C=O) groups excluding carboxylic acids is 3. The van der Waals surface area contributed by atoms with Crippen LogP contribution in [0.4, 0.5) is 0 Å². The summed E-state index contributed by atoms with van der Waals surface area (Å²) in [5.41, 5.74) is -1.68. The molecule has 1 saturated carbocycles. The molecule has 2 unspecified atom stereocenters. The molecule has 3 heterocycles. The van der Waals surface area contributed by atoms with Gasteiger partial charge in [0.15, 0.2) is 17.7 Å². The Balaban J connectivity index is 1.43. The zero-order valence-electron chi connectivity index (χ0n) is 15.8. The topological polar surface area (TPSA) is 123 Å². The van der Waals surface area contributed by atoms with E-state index >= 15 is 0 Å². The lowest BCUT2D eigenvalue weighted by Crippen LogP contribution is -2.49. The third-order valence-electron chi connectivity index (χ3n) is 7.06. The molecule has 5 atom stereocenters. The van der Waals surface area contributed by atoms with E-state index in [1.807, 2.05) is 0 Å². The van der Waals surface area contributed by atoms with Gasteiger partial charge in [0.05, 0.1) is 25.0 Å². The van der Waals surface area contributed by atoms with Gasteiger partial charge in [0.2, 0.25) is 5.91 Å². The van der Waals surface area contributed by atoms with Gasteiger partial charge in [0.1, 0.15) is 11.5 Å². The van der Waals surface area contributed by atoms with Gasteiger partial charge in [-0.3, -0.25) is 14.4 Å². The fourth-order valence-corrected chi connectivity index (χ4v) is 5.73. The Hall–Kier alpha value is -2.81. The van der Waals surface area contributed by atoms with Crippen LogP contribution >= 0.6 is 0 Å². The van der Waals surface area contributed by atoms with E-state index in [4.69, 9.17) is 14.2 Å². The van der Waals surface area contributed by atoms with E-state index in [0.29, 0.717) is 12.2 Å². The molecule has 1 amide bonds. The van der Waals surface area contributed by atoms with Crippen molar-refractivity contribution in [2.24, 2.45) is 10.8 Å². The third-order valence-corrected chi connectivity index (χ3v) is 7.06. The first kappa shape index (κ1) is 18.2. The molecule has 5 rings (SSSR count). The molecular formula is C20H21NO8. The summed E-state index contributed by atoms with van der Waals surface area (Å²) >= 11 is 0. The largest absolute Gasteiger partial charge is 0.504 e. The van der Waals surface area contributed by atoms with Gasteiger partial charge in [-0.05, 0) is 24.1 Å². The molecule has 1 aromatic rings. The van der Waals surface area contributed by atoms with E-state index < -0.39 is 41.2 Å². The van der Waals surface area contributed by atoms with Crippen LogP contribution in [-0.4, -0.2) is 65.0 Å². The fourth-order valence-electron chi connectivity index (χ4n) is 5.73. The van der Waals surface area contributed by atoms with Crippen LogP contribution < -0.4 is 4.74 Å². The molecule has 0 aromatic heterocycles. The van der Waals surface area contributed by atoms with E-state index in [-0.39, 0.29) is 37.5 Å². The highest BCUT2D eigenvalue weighted by molar-refractivity contribution is 5.94. The maximum atomic E-state index is 12.9. The number of hydrogen-bond acceptors (Lipinski definition) is 8. The van der Waals surface area contributed by atoms with Crippen LogP contribution in [0.5, 0.6) is 11.5 Å². The van der Waals surface area contributed by atoms with Crippen molar-refractivity contribution in [1.82, 2.24) is 4.90 Å². The Labute approximate surface area is 166 Å². The highest BCUT2D eigenvalue weighted by Crippen LogP contribution is 2.69. The minimum Gasteiger partial charge on any atom is -0.504 e. The summed E-state index contributed by atoms with van der Waals surface area (Å²) in [7, 11) is 1.46. The van der Waals surface area contributed by atoms with Crippen LogP contribution in [0.3, 0.4) is 0 Å². The first-order valence-corrected chi connectivity index (χ1v) is 9.57. The molecule has 3 saturated heterocycles. The van der Waals surface area contributed by atoms with Gasteiger partial charge in [0.25, 0.3) is 0 Å². The molecule has 154 valence electrons. The second-order valence-electron chi connectivity index (χ2n) is 8.20. The SMILES string of the molecule is COc1ccc(CCN2C(=O)CC34[C@@H]2OC(=O)C32CC(=O)O[C@H]2C[C@@H]4O)cc1O. The summed E-state index contributed by atoms with van der Waals surface area (Å²) in [5, 5.41) is 20.8. The number of methoxy groups -OCH3 is 1. The van der Waals surface area contributed by atoms with Gasteiger partial charge < -0.3 is 29.3 Å². The molecule has 3 aliphatic heterocycles.